The van der Waals surface area contributed by atoms with Crippen molar-refractivity contribution in [3.8, 4) is 0 Å². The second-order valence-electron chi connectivity index (χ2n) is 3.95. The fourth-order valence-electron chi connectivity index (χ4n) is 1.78. The smallest absolute Gasteiger partial charge is 0.220 e. The lowest BCUT2D eigenvalue weighted by atomic mass is 10.2. The highest BCUT2D eigenvalue weighted by molar-refractivity contribution is 7.11. The van der Waals surface area contributed by atoms with Crippen LogP contribution in [0.1, 0.15) is 22.6 Å². The fourth-order valence-corrected chi connectivity index (χ4v) is 2.64. The Morgan fingerprint density at radius 2 is 2.47 bits per heavy atom. The Balaban J connectivity index is 1.69. The molecule has 0 spiro atoms. The summed E-state index contributed by atoms with van der Waals surface area (Å²) in [6.45, 7) is 3.90. The lowest BCUT2D eigenvalue weighted by Crippen LogP contribution is -2.35. The van der Waals surface area contributed by atoms with Gasteiger partial charge in [0.25, 0.3) is 0 Å². The third-order valence-electron chi connectivity index (χ3n) is 2.57. The van der Waals surface area contributed by atoms with E-state index in [1.54, 1.807) is 0 Å². The predicted octanol–water partition coefficient (Wildman–Crippen LogP) is 1.42. The van der Waals surface area contributed by atoms with E-state index in [9.17, 15) is 4.79 Å². The maximum absolute atomic E-state index is 11.0. The van der Waals surface area contributed by atoms with Gasteiger partial charge >= 0.3 is 0 Å². The van der Waals surface area contributed by atoms with Gasteiger partial charge in [-0.05, 0) is 25.5 Å². The quantitative estimate of drug-likeness (QED) is 0.812. The van der Waals surface area contributed by atoms with Crippen LogP contribution in [0, 0.1) is 6.92 Å². The zero-order valence-corrected chi connectivity index (χ0v) is 9.69. The number of thiophene rings is 1. The summed E-state index contributed by atoms with van der Waals surface area (Å²) >= 11 is 1.82. The Hall–Kier alpha value is -0.870. The zero-order valence-electron chi connectivity index (χ0n) is 8.88. The first-order valence-corrected chi connectivity index (χ1v) is 6.11. The number of carbonyl (C=O) groups excluding carboxylic acids is 1. The Kier molecular flexibility index (Phi) is 3.38. The molecule has 0 saturated carbocycles. The zero-order chi connectivity index (χ0) is 10.7. The molecule has 82 valence electrons. The number of hydrogen-bond acceptors (Lipinski definition) is 3. The Morgan fingerprint density at radius 1 is 1.60 bits per heavy atom. The minimum absolute atomic E-state index is 0.189. The number of rotatable bonds is 4. The molecule has 2 N–H and O–H groups in total. The Bertz CT molecular complexity index is 348. The molecule has 4 heteroatoms. The van der Waals surface area contributed by atoms with Crippen LogP contribution in [0.15, 0.2) is 12.1 Å². The van der Waals surface area contributed by atoms with Crippen LogP contribution in [0.2, 0.25) is 0 Å². The molecular formula is C11H16N2OS. The summed E-state index contributed by atoms with van der Waals surface area (Å²) in [6.07, 6.45) is 1.65. The van der Waals surface area contributed by atoms with Crippen LogP contribution in [0.3, 0.4) is 0 Å². The maximum atomic E-state index is 11.0. The van der Waals surface area contributed by atoms with Crippen molar-refractivity contribution < 1.29 is 4.79 Å². The van der Waals surface area contributed by atoms with E-state index in [0.29, 0.717) is 12.5 Å². The maximum Gasteiger partial charge on any atom is 0.220 e. The molecular weight excluding hydrogens is 208 g/mol. The van der Waals surface area contributed by atoms with E-state index >= 15 is 0 Å². The highest BCUT2D eigenvalue weighted by Crippen LogP contribution is 2.14. The van der Waals surface area contributed by atoms with Crippen LogP contribution in [0.5, 0.6) is 0 Å². The minimum atomic E-state index is 0.189. The van der Waals surface area contributed by atoms with E-state index in [2.05, 4.69) is 29.7 Å². The largest absolute Gasteiger partial charge is 0.352 e. The fraction of sp³-hybridized carbons (Fsp3) is 0.545. The molecule has 1 aromatic rings. The summed E-state index contributed by atoms with van der Waals surface area (Å²) in [5, 5.41) is 6.32. The molecule has 2 rings (SSSR count). The third-order valence-corrected chi connectivity index (χ3v) is 3.57. The van der Waals surface area contributed by atoms with E-state index in [0.717, 1.165) is 19.5 Å². The summed E-state index contributed by atoms with van der Waals surface area (Å²) in [5.41, 5.74) is 0. The summed E-state index contributed by atoms with van der Waals surface area (Å²) in [7, 11) is 0. The molecule has 0 aromatic carbocycles. The van der Waals surface area contributed by atoms with Gasteiger partial charge in [-0.3, -0.25) is 4.79 Å². The van der Waals surface area contributed by atoms with E-state index in [4.69, 9.17) is 0 Å². The summed E-state index contributed by atoms with van der Waals surface area (Å²) < 4.78 is 0. The van der Waals surface area contributed by atoms with Crippen molar-refractivity contribution in [1.82, 2.24) is 10.6 Å². The van der Waals surface area contributed by atoms with Gasteiger partial charge in [-0.15, -0.1) is 11.3 Å². The van der Waals surface area contributed by atoms with Crippen molar-refractivity contribution in [3.05, 3.63) is 21.9 Å². The normalized spacial score (nSPS) is 20.6. The molecule has 0 bridgehead atoms. The second-order valence-corrected chi connectivity index (χ2v) is 5.32. The van der Waals surface area contributed by atoms with Gasteiger partial charge in [-0.2, -0.15) is 0 Å². The van der Waals surface area contributed by atoms with E-state index < -0.39 is 0 Å². The Morgan fingerprint density at radius 3 is 3.07 bits per heavy atom. The molecule has 1 aliphatic heterocycles. The monoisotopic (exact) mass is 224 g/mol. The van der Waals surface area contributed by atoms with Gasteiger partial charge in [-0.25, -0.2) is 0 Å². The van der Waals surface area contributed by atoms with Gasteiger partial charge in [0.15, 0.2) is 0 Å². The Labute approximate surface area is 93.9 Å². The van der Waals surface area contributed by atoms with Crippen molar-refractivity contribution in [3.63, 3.8) is 0 Å². The molecule has 1 atom stereocenters. The van der Waals surface area contributed by atoms with Gasteiger partial charge in [0.1, 0.15) is 0 Å². The summed E-state index contributed by atoms with van der Waals surface area (Å²) in [5.74, 6) is 0.189. The van der Waals surface area contributed by atoms with Crippen LogP contribution in [-0.4, -0.2) is 18.5 Å². The first-order chi connectivity index (χ1) is 7.24. The lowest BCUT2D eigenvalue weighted by molar-refractivity contribution is -0.119. The van der Waals surface area contributed by atoms with E-state index in [1.807, 2.05) is 11.3 Å². The van der Waals surface area contributed by atoms with Crippen LogP contribution in [-0.2, 0) is 11.3 Å². The van der Waals surface area contributed by atoms with E-state index in [1.165, 1.54) is 9.75 Å². The second kappa shape index (κ2) is 4.77. The van der Waals surface area contributed by atoms with Crippen LogP contribution in [0.25, 0.3) is 0 Å². The van der Waals surface area contributed by atoms with Gasteiger partial charge in [0.05, 0.1) is 0 Å². The average Bonchev–Trinajstić information content (AvgIpc) is 2.76. The van der Waals surface area contributed by atoms with Crippen LogP contribution in [0.4, 0.5) is 0 Å². The third kappa shape index (κ3) is 3.04. The van der Waals surface area contributed by atoms with Crippen molar-refractivity contribution in [2.45, 2.75) is 32.4 Å². The average molecular weight is 224 g/mol. The molecule has 3 nitrogen and oxygen atoms in total. The molecule has 1 unspecified atom stereocenters. The number of carbonyl (C=O) groups is 1. The predicted molar refractivity (Wildman–Crippen MR) is 61.9 cm³/mol. The minimum Gasteiger partial charge on any atom is -0.352 e. The van der Waals surface area contributed by atoms with E-state index in [-0.39, 0.29) is 5.91 Å². The van der Waals surface area contributed by atoms with Crippen molar-refractivity contribution in [2.24, 2.45) is 0 Å². The van der Waals surface area contributed by atoms with Gasteiger partial charge in [-0.1, -0.05) is 0 Å². The first-order valence-electron chi connectivity index (χ1n) is 5.29. The molecule has 15 heavy (non-hydrogen) atoms. The molecule has 0 aliphatic carbocycles. The molecule has 1 saturated heterocycles. The standard InChI is InChI=1S/C11H16N2OS/c1-8-2-4-10(15-8)7-12-6-9-3-5-11(14)13-9/h2,4,9,12H,3,5-7H2,1H3,(H,13,14). The van der Waals surface area contributed by atoms with Crippen molar-refractivity contribution >= 4 is 17.2 Å². The topological polar surface area (TPSA) is 41.1 Å². The molecule has 1 aliphatic rings. The van der Waals surface area contributed by atoms with Crippen LogP contribution < -0.4 is 10.6 Å². The molecule has 1 aromatic heterocycles. The molecule has 1 amide bonds. The number of amides is 1. The highest BCUT2D eigenvalue weighted by atomic mass is 32.1. The number of aryl methyl sites for hydroxylation is 1. The van der Waals surface area contributed by atoms with Crippen molar-refractivity contribution in [2.75, 3.05) is 6.54 Å². The first kappa shape index (κ1) is 10.6. The summed E-state index contributed by atoms with van der Waals surface area (Å²) in [4.78, 5) is 13.7. The molecule has 0 radical (unpaired) electrons. The SMILES string of the molecule is Cc1ccc(CNCC2CCC(=O)N2)s1. The molecule has 2 heterocycles. The van der Waals surface area contributed by atoms with Crippen LogP contribution >= 0.6 is 11.3 Å². The number of nitrogens with one attached hydrogen (secondary N) is 2. The highest BCUT2D eigenvalue weighted by Gasteiger charge is 2.19. The summed E-state index contributed by atoms with van der Waals surface area (Å²) in [6, 6.07) is 4.62. The number of hydrogen-bond donors (Lipinski definition) is 2. The van der Waals surface area contributed by atoms with Crippen molar-refractivity contribution in [1.29, 1.82) is 0 Å². The van der Waals surface area contributed by atoms with Gasteiger partial charge in [0.2, 0.25) is 5.91 Å². The molecule has 1 fully saturated rings. The van der Waals surface area contributed by atoms with Gasteiger partial charge in [0, 0.05) is 35.3 Å². The van der Waals surface area contributed by atoms with Gasteiger partial charge < -0.3 is 10.6 Å². The lowest BCUT2D eigenvalue weighted by Gasteiger charge is -2.10.